The van der Waals surface area contributed by atoms with Gasteiger partial charge < -0.3 is 14.6 Å². The Morgan fingerprint density at radius 3 is 2.78 bits per heavy atom. The van der Waals surface area contributed by atoms with Gasteiger partial charge in [-0.25, -0.2) is 0 Å². The van der Waals surface area contributed by atoms with E-state index in [2.05, 4.69) is 9.17 Å². The average Bonchev–Trinajstić information content (AvgIpc) is 2.52. The number of ether oxygens (including phenoxy) is 2. The largest absolute Gasteiger partial charge is 0.381 e. The number of rotatable bonds is 7. The molecule has 0 bridgehead atoms. The van der Waals surface area contributed by atoms with Crippen molar-refractivity contribution in [1.82, 2.24) is 4.98 Å². The van der Waals surface area contributed by atoms with Gasteiger partial charge >= 0.3 is 0 Å². The fraction of sp³-hybridized carbons (Fsp3) is 0.667. The Hall–Kier alpha value is -1.06. The van der Waals surface area contributed by atoms with E-state index in [1.807, 2.05) is 0 Å². The lowest BCUT2D eigenvalue weighted by Crippen LogP contribution is -2.30. The highest BCUT2D eigenvalue weighted by Crippen LogP contribution is 2.20. The van der Waals surface area contributed by atoms with E-state index in [0.29, 0.717) is 12.3 Å². The van der Waals surface area contributed by atoms with Crippen LogP contribution in [0.25, 0.3) is 0 Å². The van der Waals surface area contributed by atoms with Crippen molar-refractivity contribution in [3.63, 3.8) is 0 Å². The van der Waals surface area contributed by atoms with Crippen LogP contribution in [0.4, 0.5) is 0 Å². The summed E-state index contributed by atoms with van der Waals surface area (Å²) < 4.78 is 37.8. The van der Waals surface area contributed by atoms with Crippen molar-refractivity contribution in [2.45, 2.75) is 44.7 Å². The summed E-state index contributed by atoms with van der Waals surface area (Å²) in [4.78, 5) is 4.17. The molecule has 0 saturated carbocycles. The number of hydrogen-bond acceptors (Lipinski definition) is 7. The summed E-state index contributed by atoms with van der Waals surface area (Å²) in [5.41, 5.74) is -0.309. The Morgan fingerprint density at radius 2 is 2.22 bits per heavy atom. The third-order valence-corrected chi connectivity index (χ3v) is 4.05. The minimum Gasteiger partial charge on any atom is -0.381 e. The first-order valence-electron chi connectivity index (χ1n) is 7.52. The third-order valence-electron chi connectivity index (χ3n) is 3.50. The maximum absolute atomic E-state index is 11.0. The third kappa shape index (κ3) is 6.15. The second-order valence-corrected chi connectivity index (χ2v) is 7.54. The smallest absolute Gasteiger partial charge is 0.264 e. The highest BCUT2D eigenvalue weighted by Gasteiger charge is 2.27. The molecule has 2 heterocycles. The van der Waals surface area contributed by atoms with Crippen molar-refractivity contribution >= 4 is 10.1 Å². The van der Waals surface area contributed by atoms with Crippen LogP contribution in [0.2, 0.25) is 0 Å². The van der Waals surface area contributed by atoms with E-state index in [0.717, 1.165) is 37.7 Å². The van der Waals surface area contributed by atoms with Crippen LogP contribution >= 0.6 is 0 Å². The lowest BCUT2D eigenvalue weighted by atomic mass is 10.0. The van der Waals surface area contributed by atoms with E-state index < -0.39 is 15.7 Å². The maximum atomic E-state index is 11.0. The number of aromatic nitrogens is 1. The molecule has 1 aliphatic rings. The van der Waals surface area contributed by atoms with Gasteiger partial charge in [-0.15, -0.1) is 0 Å². The van der Waals surface area contributed by atoms with E-state index in [4.69, 9.17) is 9.47 Å². The molecule has 1 saturated heterocycles. The molecule has 0 amide bonds. The average molecular weight is 345 g/mol. The minimum absolute atomic E-state index is 0.172. The second-order valence-electron chi connectivity index (χ2n) is 5.90. The number of aliphatic hydroxyl groups is 1. The lowest BCUT2D eigenvalue weighted by Gasteiger charge is -2.23. The molecular formula is C15H23NO6S. The molecule has 0 aromatic carbocycles. The molecule has 2 atom stereocenters. The molecule has 1 fully saturated rings. The van der Waals surface area contributed by atoms with Gasteiger partial charge in [-0.05, 0) is 37.8 Å². The molecule has 1 unspecified atom stereocenters. The van der Waals surface area contributed by atoms with Gasteiger partial charge in [0.15, 0.2) is 6.29 Å². The molecule has 0 radical (unpaired) electrons. The second kappa shape index (κ2) is 7.67. The fourth-order valence-corrected chi connectivity index (χ4v) is 2.60. The van der Waals surface area contributed by atoms with Gasteiger partial charge in [0.2, 0.25) is 0 Å². The fourth-order valence-electron chi connectivity index (χ4n) is 2.16. The summed E-state index contributed by atoms with van der Waals surface area (Å²) in [6, 6.07) is 3.41. The van der Waals surface area contributed by atoms with Crippen LogP contribution < -0.4 is 0 Å². The molecule has 7 nitrogen and oxygen atoms in total. The van der Waals surface area contributed by atoms with Gasteiger partial charge in [0.25, 0.3) is 10.1 Å². The first kappa shape index (κ1) is 18.3. The highest BCUT2D eigenvalue weighted by molar-refractivity contribution is 7.85. The minimum atomic E-state index is -3.62. The van der Waals surface area contributed by atoms with Crippen molar-refractivity contribution in [1.29, 1.82) is 0 Å². The topological polar surface area (TPSA) is 95.0 Å². The van der Waals surface area contributed by atoms with Crippen LogP contribution in [0, 0.1) is 0 Å². The van der Waals surface area contributed by atoms with Crippen LogP contribution in [-0.2, 0) is 36.0 Å². The monoisotopic (exact) mass is 345 g/mol. The van der Waals surface area contributed by atoms with Crippen molar-refractivity contribution < 1.29 is 27.2 Å². The molecular weight excluding hydrogens is 322 g/mol. The number of hydrogen-bond donors (Lipinski definition) is 1. The van der Waals surface area contributed by atoms with Crippen LogP contribution in [0.5, 0.6) is 0 Å². The predicted molar refractivity (Wildman–Crippen MR) is 83.0 cm³/mol. The van der Waals surface area contributed by atoms with Crippen molar-refractivity contribution in [2.75, 3.05) is 19.5 Å². The molecule has 0 spiro atoms. The van der Waals surface area contributed by atoms with Crippen molar-refractivity contribution in [2.24, 2.45) is 0 Å². The molecule has 1 aromatic rings. The normalized spacial score (nSPS) is 21.8. The summed E-state index contributed by atoms with van der Waals surface area (Å²) in [6.45, 7) is 2.17. The molecule has 0 aliphatic carbocycles. The maximum Gasteiger partial charge on any atom is 0.264 e. The first-order valence-corrected chi connectivity index (χ1v) is 9.33. The Kier molecular flexibility index (Phi) is 6.10. The zero-order chi connectivity index (χ0) is 16.9. The SMILES string of the molecule is C[C@@](O)(COS(C)(=O)=O)c1ccc(COC2CCCCO2)cn1. The van der Waals surface area contributed by atoms with Gasteiger partial charge in [0, 0.05) is 12.8 Å². The zero-order valence-corrected chi connectivity index (χ0v) is 14.2. The van der Waals surface area contributed by atoms with Crippen molar-refractivity contribution in [3.8, 4) is 0 Å². The van der Waals surface area contributed by atoms with E-state index in [-0.39, 0.29) is 12.9 Å². The first-order chi connectivity index (χ1) is 10.8. The Morgan fingerprint density at radius 1 is 1.43 bits per heavy atom. The van der Waals surface area contributed by atoms with E-state index >= 15 is 0 Å². The van der Waals surface area contributed by atoms with Gasteiger partial charge in [0.05, 0.1) is 18.6 Å². The number of nitrogens with zero attached hydrogens (tertiary/aromatic N) is 1. The predicted octanol–water partition coefficient (Wildman–Crippen LogP) is 1.31. The van der Waals surface area contributed by atoms with Gasteiger partial charge in [-0.2, -0.15) is 8.42 Å². The van der Waals surface area contributed by atoms with E-state index in [9.17, 15) is 13.5 Å². The van der Waals surface area contributed by atoms with Crippen LogP contribution in [0.15, 0.2) is 18.3 Å². The molecule has 1 aliphatic heterocycles. The van der Waals surface area contributed by atoms with Crippen LogP contribution in [0.3, 0.4) is 0 Å². The number of pyridine rings is 1. The standard InChI is InChI=1S/C15H23NO6S/c1-15(17,11-22-23(2,18)19)13-7-6-12(9-16-13)10-21-14-5-3-4-8-20-14/h6-7,9,14,17H,3-5,8,10-11H2,1-2H3/t14?,15-/m1/s1. The summed E-state index contributed by atoms with van der Waals surface area (Å²) in [6.07, 6.45) is 5.42. The van der Waals surface area contributed by atoms with Crippen molar-refractivity contribution in [3.05, 3.63) is 29.6 Å². The van der Waals surface area contributed by atoms with E-state index in [1.54, 1.807) is 18.3 Å². The molecule has 130 valence electrons. The summed E-state index contributed by atoms with van der Waals surface area (Å²) >= 11 is 0. The summed E-state index contributed by atoms with van der Waals surface area (Å²) in [5.74, 6) is 0. The Labute approximate surface area is 136 Å². The Balaban J connectivity index is 1.90. The molecule has 8 heteroatoms. The highest BCUT2D eigenvalue weighted by atomic mass is 32.2. The van der Waals surface area contributed by atoms with Gasteiger partial charge in [0.1, 0.15) is 12.2 Å². The van der Waals surface area contributed by atoms with Crippen LogP contribution in [0.1, 0.15) is 37.4 Å². The molecule has 2 rings (SSSR count). The molecule has 23 heavy (non-hydrogen) atoms. The van der Waals surface area contributed by atoms with Gasteiger partial charge in [-0.3, -0.25) is 9.17 Å². The van der Waals surface area contributed by atoms with Crippen LogP contribution in [-0.4, -0.2) is 44.3 Å². The Bertz CT molecular complexity index is 593. The van der Waals surface area contributed by atoms with E-state index in [1.165, 1.54) is 6.92 Å². The summed E-state index contributed by atoms with van der Waals surface area (Å²) in [7, 11) is -3.62. The van der Waals surface area contributed by atoms with Gasteiger partial charge in [-0.1, -0.05) is 6.07 Å². The molecule has 1 N–H and O–H groups in total. The zero-order valence-electron chi connectivity index (χ0n) is 13.4. The molecule has 1 aromatic heterocycles. The summed E-state index contributed by atoms with van der Waals surface area (Å²) in [5, 5.41) is 10.3. The quantitative estimate of drug-likeness (QED) is 0.744. The lowest BCUT2D eigenvalue weighted by molar-refractivity contribution is -0.168.